The number of amides is 3. The Hall–Kier alpha value is -2.97. The lowest BCUT2D eigenvalue weighted by atomic mass is 9.77. The molecule has 2 fully saturated rings. The van der Waals surface area contributed by atoms with E-state index in [0.29, 0.717) is 39.0 Å². The van der Waals surface area contributed by atoms with Gasteiger partial charge in [0.05, 0.1) is 17.9 Å². The van der Waals surface area contributed by atoms with Crippen molar-refractivity contribution >= 4 is 23.4 Å². The van der Waals surface area contributed by atoms with Gasteiger partial charge in [0.15, 0.2) is 0 Å². The molecule has 4 heterocycles. The van der Waals surface area contributed by atoms with E-state index in [1.165, 1.54) is 0 Å². The van der Waals surface area contributed by atoms with Crippen LogP contribution in [0.1, 0.15) is 32.6 Å². The number of carbonyl (C=O) groups excluding carboxylic acids is 3. The molecule has 0 bridgehead atoms. The van der Waals surface area contributed by atoms with Crippen molar-refractivity contribution in [2.45, 2.75) is 50.4 Å². The number of carbonyl (C=O) groups is 3. The standard InChI is InChI=1S/C28H35N3O5/c1-2-3-15-29-16-10-14-28-23(26(34)31(17-7-8-19-32)24(28)27(29)35)22-21(36-28)13-9-18-30(25(22)33)20-11-5-4-6-12-20/h4-6,9-14,21-24,32H,2-3,7-8,15-19H2,1H3/t21-,22+,23-,24?,28-/m0/s1. The normalized spacial score (nSPS) is 31.4. The smallest absolute Gasteiger partial charge is 0.249 e. The molecule has 0 aromatic heterocycles. The highest BCUT2D eigenvalue weighted by Crippen LogP contribution is 2.53. The van der Waals surface area contributed by atoms with Gasteiger partial charge in [-0.2, -0.15) is 0 Å². The summed E-state index contributed by atoms with van der Waals surface area (Å²) in [5.41, 5.74) is -0.419. The summed E-state index contributed by atoms with van der Waals surface area (Å²) in [7, 11) is 0. The van der Waals surface area contributed by atoms with Crippen molar-refractivity contribution in [2.75, 3.05) is 37.7 Å². The number of aliphatic hydroxyl groups is 1. The highest BCUT2D eigenvalue weighted by atomic mass is 16.5. The summed E-state index contributed by atoms with van der Waals surface area (Å²) in [4.78, 5) is 47.2. The van der Waals surface area contributed by atoms with Crippen LogP contribution in [-0.2, 0) is 19.1 Å². The van der Waals surface area contributed by atoms with E-state index >= 15 is 0 Å². The monoisotopic (exact) mass is 493 g/mol. The average molecular weight is 494 g/mol. The zero-order chi connectivity index (χ0) is 25.3. The van der Waals surface area contributed by atoms with E-state index in [-0.39, 0.29) is 24.3 Å². The number of rotatable bonds is 8. The summed E-state index contributed by atoms with van der Waals surface area (Å²) < 4.78 is 6.65. The van der Waals surface area contributed by atoms with Gasteiger partial charge in [0, 0.05) is 38.5 Å². The molecule has 1 unspecified atom stereocenters. The van der Waals surface area contributed by atoms with Crippen LogP contribution < -0.4 is 4.90 Å². The van der Waals surface area contributed by atoms with Crippen LogP contribution in [0.2, 0.25) is 0 Å². The molecular weight excluding hydrogens is 458 g/mol. The minimum absolute atomic E-state index is 0.0221. The van der Waals surface area contributed by atoms with Gasteiger partial charge in [-0.3, -0.25) is 14.4 Å². The van der Waals surface area contributed by atoms with Gasteiger partial charge in [-0.15, -0.1) is 0 Å². The molecule has 1 spiro atoms. The van der Waals surface area contributed by atoms with Gasteiger partial charge in [0.25, 0.3) is 0 Å². The maximum atomic E-state index is 14.1. The van der Waals surface area contributed by atoms with Crippen LogP contribution >= 0.6 is 0 Å². The van der Waals surface area contributed by atoms with E-state index in [1.807, 2.05) is 54.6 Å². The molecule has 3 amide bonds. The van der Waals surface area contributed by atoms with Crippen LogP contribution in [0.3, 0.4) is 0 Å². The number of ether oxygens (including phenoxy) is 1. The van der Waals surface area contributed by atoms with Gasteiger partial charge in [0.1, 0.15) is 11.6 Å². The summed E-state index contributed by atoms with van der Waals surface area (Å²) in [6.07, 6.45) is 9.99. The Bertz CT molecular complexity index is 1060. The topological polar surface area (TPSA) is 90.4 Å². The van der Waals surface area contributed by atoms with Crippen LogP contribution in [0, 0.1) is 11.8 Å². The van der Waals surface area contributed by atoms with Crippen molar-refractivity contribution in [3.05, 3.63) is 54.6 Å². The van der Waals surface area contributed by atoms with Crippen LogP contribution in [0.15, 0.2) is 54.6 Å². The van der Waals surface area contributed by atoms with E-state index < -0.39 is 29.6 Å². The van der Waals surface area contributed by atoms with Crippen molar-refractivity contribution in [3.8, 4) is 0 Å². The lowest BCUT2D eigenvalue weighted by molar-refractivity contribution is -0.147. The van der Waals surface area contributed by atoms with E-state index in [2.05, 4.69) is 6.92 Å². The maximum Gasteiger partial charge on any atom is 0.249 e. The number of likely N-dealkylation sites (tertiary alicyclic amines) is 1. The molecule has 5 atom stereocenters. The molecular formula is C28H35N3O5. The third-order valence-corrected chi connectivity index (χ3v) is 7.90. The second-order valence-corrected chi connectivity index (χ2v) is 10.1. The first-order valence-electron chi connectivity index (χ1n) is 13.1. The van der Waals surface area contributed by atoms with Crippen LogP contribution in [0.25, 0.3) is 0 Å². The molecule has 192 valence electrons. The average Bonchev–Trinajstić information content (AvgIpc) is 3.19. The van der Waals surface area contributed by atoms with Crippen molar-refractivity contribution in [1.82, 2.24) is 9.80 Å². The SMILES string of the molecule is CCCCN1CC=C[C@]23O[C@H]4C=CCN(c5ccccc5)C(=O)[C@H]4[C@H]2C(=O)N(CCCCO)C3C1=O. The van der Waals surface area contributed by atoms with Gasteiger partial charge in [-0.05, 0) is 31.4 Å². The largest absolute Gasteiger partial charge is 0.396 e. The van der Waals surface area contributed by atoms with E-state index in [0.717, 1.165) is 18.5 Å². The first-order valence-corrected chi connectivity index (χ1v) is 13.1. The second kappa shape index (κ2) is 10.2. The Kier molecular flexibility index (Phi) is 6.99. The number of fused-ring (bicyclic) bond motifs is 2. The summed E-state index contributed by atoms with van der Waals surface area (Å²) >= 11 is 0. The fraction of sp³-hybridized carbons (Fsp3) is 0.536. The van der Waals surface area contributed by atoms with E-state index in [1.54, 1.807) is 14.7 Å². The van der Waals surface area contributed by atoms with Gasteiger partial charge >= 0.3 is 0 Å². The lowest BCUT2D eigenvalue weighted by Crippen LogP contribution is -2.55. The maximum absolute atomic E-state index is 14.1. The number of hydrogen-bond acceptors (Lipinski definition) is 5. The number of hydrogen-bond donors (Lipinski definition) is 1. The number of nitrogens with zero attached hydrogens (tertiary/aromatic N) is 3. The molecule has 4 aliphatic heterocycles. The first kappa shape index (κ1) is 24.7. The minimum Gasteiger partial charge on any atom is -0.396 e. The zero-order valence-electron chi connectivity index (χ0n) is 20.8. The molecule has 0 saturated carbocycles. The third-order valence-electron chi connectivity index (χ3n) is 7.90. The fourth-order valence-electron chi connectivity index (χ4n) is 6.21. The molecule has 4 aliphatic rings. The highest BCUT2D eigenvalue weighted by Gasteiger charge is 2.71. The van der Waals surface area contributed by atoms with Gasteiger partial charge in [-0.25, -0.2) is 0 Å². The molecule has 36 heavy (non-hydrogen) atoms. The quantitative estimate of drug-likeness (QED) is 0.443. The Morgan fingerprint density at radius 2 is 1.78 bits per heavy atom. The van der Waals surface area contributed by atoms with Gasteiger partial charge < -0.3 is 24.5 Å². The van der Waals surface area contributed by atoms with Crippen LogP contribution in [-0.4, -0.2) is 83.2 Å². The molecule has 0 radical (unpaired) electrons. The van der Waals surface area contributed by atoms with Crippen LogP contribution in [0.4, 0.5) is 5.69 Å². The van der Waals surface area contributed by atoms with E-state index in [4.69, 9.17) is 4.74 Å². The molecule has 8 nitrogen and oxygen atoms in total. The number of unbranched alkanes of at least 4 members (excludes halogenated alkanes) is 2. The minimum atomic E-state index is -1.19. The Labute approximate surface area is 212 Å². The molecule has 8 heteroatoms. The predicted octanol–water partition coefficient (Wildman–Crippen LogP) is 2.14. The fourth-order valence-corrected chi connectivity index (χ4v) is 6.21. The van der Waals surface area contributed by atoms with Gasteiger partial charge in [0.2, 0.25) is 17.7 Å². The molecule has 1 aromatic rings. The third kappa shape index (κ3) is 3.96. The Morgan fingerprint density at radius 3 is 2.53 bits per heavy atom. The predicted molar refractivity (Wildman–Crippen MR) is 135 cm³/mol. The molecule has 5 rings (SSSR count). The number of para-hydroxylation sites is 1. The molecule has 0 aliphatic carbocycles. The number of aliphatic hydroxyl groups excluding tert-OH is 1. The Morgan fingerprint density at radius 1 is 0.972 bits per heavy atom. The zero-order valence-corrected chi connectivity index (χ0v) is 20.8. The highest BCUT2D eigenvalue weighted by molar-refractivity contribution is 6.03. The summed E-state index contributed by atoms with van der Waals surface area (Å²) in [6.45, 7) is 3.92. The van der Waals surface area contributed by atoms with Crippen molar-refractivity contribution in [2.24, 2.45) is 11.8 Å². The van der Waals surface area contributed by atoms with E-state index in [9.17, 15) is 19.5 Å². The summed E-state index contributed by atoms with van der Waals surface area (Å²) in [6, 6.07) is 8.64. The molecule has 1 N–H and O–H groups in total. The number of anilines is 1. The molecule has 1 aromatic carbocycles. The van der Waals surface area contributed by atoms with Crippen molar-refractivity contribution in [3.63, 3.8) is 0 Å². The second-order valence-electron chi connectivity index (χ2n) is 10.1. The first-order chi connectivity index (χ1) is 17.5. The van der Waals surface area contributed by atoms with Crippen molar-refractivity contribution in [1.29, 1.82) is 0 Å². The summed E-state index contributed by atoms with van der Waals surface area (Å²) in [5, 5.41) is 9.32. The summed E-state index contributed by atoms with van der Waals surface area (Å²) in [5.74, 6) is -2.00. The van der Waals surface area contributed by atoms with Crippen molar-refractivity contribution < 1.29 is 24.2 Å². The number of benzene rings is 1. The van der Waals surface area contributed by atoms with Crippen LogP contribution in [0.5, 0.6) is 0 Å². The van der Waals surface area contributed by atoms with Gasteiger partial charge in [-0.1, -0.05) is 55.8 Å². The lowest BCUT2D eigenvalue weighted by Gasteiger charge is -2.35. The molecule has 2 saturated heterocycles. The Balaban J connectivity index is 1.55.